The van der Waals surface area contributed by atoms with Crippen LogP contribution in [-0.4, -0.2) is 11.0 Å². The number of anilines is 2. The van der Waals surface area contributed by atoms with Crippen molar-refractivity contribution in [3.05, 3.63) is 54.1 Å². The van der Waals surface area contributed by atoms with Gasteiger partial charge in [-0.15, -0.1) is 0 Å². The summed E-state index contributed by atoms with van der Waals surface area (Å²) in [4.78, 5) is 11.8. The van der Waals surface area contributed by atoms with Crippen LogP contribution >= 0.6 is 0 Å². The normalized spacial score (nSPS) is 9.88. The Kier molecular flexibility index (Phi) is 2.96. The van der Waals surface area contributed by atoms with Crippen LogP contribution in [-0.2, 0) is 0 Å². The van der Waals surface area contributed by atoms with Crippen molar-refractivity contribution in [3.8, 4) is 5.75 Å². The van der Waals surface area contributed by atoms with Gasteiger partial charge < -0.3 is 16.2 Å². The van der Waals surface area contributed by atoms with E-state index in [1.165, 1.54) is 12.1 Å². The van der Waals surface area contributed by atoms with E-state index in [0.29, 0.717) is 16.9 Å². The Morgan fingerprint density at radius 1 is 1.24 bits per heavy atom. The van der Waals surface area contributed by atoms with Gasteiger partial charge in [0.05, 0.1) is 5.69 Å². The van der Waals surface area contributed by atoms with Gasteiger partial charge in [0.2, 0.25) is 0 Å². The Bertz CT molecular complexity index is 535. The lowest BCUT2D eigenvalue weighted by Crippen LogP contribution is -2.11. The number of benzene rings is 2. The Balaban J connectivity index is 2.17. The molecule has 2 rings (SSSR count). The summed E-state index contributed by atoms with van der Waals surface area (Å²) in [5.41, 5.74) is 6.92. The molecule has 85 valence electrons. The molecule has 17 heavy (non-hydrogen) atoms. The van der Waals surface area contributed by atoms with Crippen molar-refractivity contribution in [3.63, 3.8) is 0 Å². The second kappa shape index (κ2) is 4.57. The van der Waals surface area contributed by atoms with Crippen LogP contribution < -0.4 is 11.1 Å². The van der Waals surface area contributed by atoms with Crippen molar-refractivity contribution in [1.29, 1.82) is 0 Å². The first-order valence-corrected chi connectivity index (χ1v) is 5.03. The molecule has 0 heterocycles. The summed E-state index contributed by atoms with van der Waals surface area (Å²) in [6, 6.07) is 13.8. The van der Waals surface area contributed by atoms with Crippen molar-refractivity contribution < 1.29 is 9.90 Å². The van der Waals surface area contributed by atoms with Gasteiger partial charge in [-0.2, -0.15) is 0 Å². The van der Waals surface area contributed by atoms with Gasteiger partial charge in [-0.05, 0) is 42.5 Å². The first-order chi connectivity index (χ1) is 8.16. The molecule has 0 saturated heterocycles. The number of hydrogen-bond donors (Lipinski definition) is 3. The highest BCUT2D eigenvalue weighted by molar-refractivity contribution is 6.05. The number of nitrogens with one attached hydrogen (secondary N) is 1. The second-order valence-electron chi connectivity index (χ2n) is 3.52. The minimum Gasteiger partial charge on any atom is -0.506 e. The maximum atomic E-state index is 11.8. The molecule has 2 aromatic rings. The Morgan fingerprint density at radius 2 is 1.94 bits per heavy atom. The Morgan fingerprint density at radius 3 is 2.59 bits per heavy atom. The van der Waals surface area contributed by atoms with Crippen LogP contribution in [0, 0.1) is 6.07 Å². The topological polar surface area (TPSA) is 75.4 Å². The number of carbonyl (C=O) groups excluding carboxylic acids is 1. The van der Waals surface area contributed by atoms with E-state index < -0.39 is 0 Å². The lowest BCUT2D eigenvalue weighted by atomic mass is 10.2. The summed E-state index contributed by atoms with van der Waals surface area (Å²) < 4.78 is 0. The molecule has 4 nitrogen and oxygen atoms in total. The van der Waals surface area contributed by atoms with E-state index in [9.17, 15) is 9.90 Å². The lowest BCUT2D eigenvalue weighted by Gasteiger charge is -2.06. The fourth-order valence-electron chi connectivity index (χ4n) is 1.35. The van der Waals surface area contributed by atoms with Crippen LogP contribution in [0.15, 0.2) is 42.5 Å². The van der Waals surface area contributed by atoms with Crippen molar-refractivity contribution in [2.75, 3.05) is 11.1 Å². The SMILES string of the molecule is Nc1ccc(C(=O)Nc2c[c]ccc2O)cc1. The zero-order chi connectivity index (χ0) is 12.3. The zero-order valence-electron chi connectivity index (χ0n) is 8.97. The van der Waals surface area contributed by atoms with Crippen LogP contribution in [0.3, 0.4) is 0 Å². The molecule has 4 heteroatoms. The van der Waals surface area contributed by atoms with Gasteiger partial charge in [0.1, 0.15) is 5.75 Å². The number of phenolic OH excluding ortho intramolecular Hbond substituents is 1. The number of amides is 1. The van der Waals surface area contributed by atoms with E-state index >= 15 is 0 Å². The maximum Gasteiger partial charge on any atom is 0.255 e. The number of carbonyl (C=O) groups is 1. The summed E-state index contributed by atoms with van der Waals surface area (Å²) >= 11 is 0. The van der Waals surface area contributed by atoms with Crippen LogP contribution in [0.5, 0.6) is 5.75 Å². The fraction of sp³-hybridized carbons (Fsp3) is 0. The van der Waals surface area contributed by atoms with Gasteiger partial charge in [-0.25, -0.2) is 0 Å². The van der Waals surface area contributed by atoms with Crippen molar-refractivity contribution in [2.45, 2.75) is 0 Å². The molecular formula is C13H11N2O2. The number of hydrogen-bond acceptors (Lipinski definition) is 3. The third-order valence-electron chi connectivity index (χ3n) is 2.26. The molecule has 4 N–H and O–H groups in total. The third-order valence-corrected chi connectivity index (χ3v) is 2.26. The summed E-state index contributed by atoms with van der Waals surface area (Å²) in [6.45, 7) is 0. The van der Waals surface area contributed by atoms with E-state index in [4.69, 9.17) is 5.73 Å². The number of phenols is 1. The van der Waals surface area contributed by atoms with Gasteiger partial charge in [0.25, 0.3) is 5.91 Å². The minimum absolute atomic E-state index is 0.00699. The summed E-state index contributed by atoms with van der Waals surface area (Å²) in [7, 11) is 0. The lowest BCUT2D eigenvalue weighted by molar-refractivity contribution is 0.102. The highest BCUT2D eigenvalue weighted by Crippen LogP contribution is 2.21. The molecule has 0 aliphatic heterocycles. The highest BCUT2D eigenvalue weighted by atomic mass is 16.3. The van der Waals surface area contributed by atoms with E-state index in [1.54, 1.807) is 30.3 Å². The molecule has 1 amide bonds. The quantitative estimate of drug-likeness (QED) is 0.542. The van der Waals surface area contributed by atoms with Crippen LogP contribution in [0.4, 0.5) is 11.4 Å². The van der Waals surface area contributed by atoms with Crippen molar-refractivity contribution in [2.24, 2.45) is 0 Å². The van der Waals surface area contributed by atoms with Gasteiger partial charge in [-0.3, -0.25) is 4.79 Å². The van der Waals surface area contributed by atoms with Crippen molar-refractivity contribution >= 4 is 17.3 Å². The molecule has 1 radical (unpaired) electrons. The summed E-state index contributed by atoms with van der Waals surface area (Å²) in [6.07, 6.45) is 0. The fourth-order valence-corrected chi connectivity index (χ4v) is 1.35. The monoisotopic (exact) mass is 227 g/mol. The first-order valence-electron chi connectivity index (χ1n) is 5.03. The third kappa shape index (κ3) is 2.55. The van der Waals surface area contributed by atoms with Gasteiger partial charge in [0.15, 0.2) is 0 Å². The van der Waals surface area contributed by atoms with E-state index in [0.717, 1.165) is 0 Å². The first kappa shape index (κ1) is 11.0. The predicted molar refractivity (Wildman–Crippen MR) is 65.8 cm³/mol. The zero-order valence-corrected chi connectivity index (χ0v) is 8.97. The molecule has 0 aromatic heterocycles. The molecule has 0 aliphatic carbocycles. The predicted octanol–water partition coefficient (Wildman–Crippen LogP) is 2.03. The maximum absolute atomic E-state index is 11.8. The Hall–Kier alpha value is -2.49. The smallest absolute Gasteiger partial charge is 0.255 e. The molecular weight excluding hydrogens is 216 g/mol. The molecule has 2 aromatic carbocycles. The highest BCUT2D eigenvalue weighted by Gasteiger charge is 2.07. The molecule has 0 aliphatic rings. The van der Waals surface area contributed by atoms with Gasteiger partial charge in [0, 0.05) is 11.3 Å². The van der Waals surface area contributed by atoms with E-state index in [2.05, 4.69) is 11.4 Å². The second-order valence-corrected chi connectivity index (χ2v) is 3.52. The summed E-state index contributed by atoms with van der Waals surface area (Å²) in [5.74, 6) is -0.299. The van der Waals surface area contributed by atoms with Crippen LogP contribution in [0.2, 0.25) is 0 Å². The number of nitrogens with two attached hydrogens (primary N) is 1. The van der Waals surface area contributed by atoms with Gasteiger partial charge >= 0.3 is 0 Å². The number of aromatic hydroxyl groups is 1. The average molecular weight is 227 g/mol. The largest absolute Gasteiger partial charge is 0.506 e. The molecule has 0 spiro atoms. The van der Waals surface area contributed by atoms with Crippen LogP contribution in [0.25, 0.3) is 0 Å². The molecule has 0 bridgehead atoms. The summed E-state index contributed by atoms with van der Waals surface area (Å²) in [5, 5.41) is 12.1. The standard InChI is InChI=1S/C13H11N2O2/c14-10-7-5-9(6-8-10)13(17)15-11-3-1-2-4-12(11)16/h2-8,16H,14H2,(H,15,17). The van der Waals surface area contributed by atoms with E-state index in [1.807, 2.05) is 0 Å². The van der Waals surface area contributed by atoms with Crippen molar-refractivity contribution in [1.82, 2.24) is 0 Å². The minimum atomic E-state index is -0.306. The average Bonchev–Trinajstić information content (AvgIpc) is 2.33. The van der Waals surface area contributed by atoms with E-state index in [-0.39, 0.29) is 11.7 Å². The molecule has 0 saturated carbocycles. The van der Waals surface area contributed by atoms with Gasteiger partial charge in [-0.1, -0.05) is 6.07 Å². The molecule has 0 fully saturated rings. The number of rotatable bonds is 2. The number of nitrogen functional groups attached to an aromatic ring is 1. The molecule has 0 unspecified atom stereocenters. The molecule has 0 atom stereocenters. The Labute approximate surface area is 98.7 Å². The van der Waals surface area contributed by atoms with Crippen LogP contribution in [0.1, 0.15) is 10.4 Å².